The zero-order valence-corrected chi connectivity index (χ0v) is 11.7. The lowest BCUT2D eigenvalue weighted by molar-refractivity contribution is -0.107. The van der Waals surface area contributed by atoms with Gasteiger partial charge in [-0.15, -0.1) is 0 Å². The fraction of sp³-hybridized carbons (Fsp3) is 0.647. The van der Waals surface area contributed by atoms with E-state index in [0.29, 0.717) is 0 Å². The molecule has 4 bridgehead atoms. The van der Waals surface area contributed by atoms with Gasteiger partial charge in [0.1, 0.15) is 11.4 Å². The average Bonchev–Trinajstić information content (AvgIpc) is 2.37. The van der Waals surface area contributed by atoms with Crippen LogP contribution in [-0.2, 0) is 0 Å². The van der Waals surface area contributed by atoms with Gasteiger partial charge in [-0.3, -0.25) is 0 Å². The molecule has 19 heavy (non-hydrogen) atoms. The van der Waals surface area contributed by atoms with Crippen molar-refractivity contribution in [2.24, 2.45) is 17.8 Å². The van der Waals surface area contributed by atoms with E-state index in [1.807, 2.05) is 7.05 Å². The molecule has 0 unspecified atom stereocenters. The third-order valence-corrected chi connectivity index (χ3v) is 5.46. The van der Waals surface area contributed by atoms with E-state index in [2.05, 4.69) is 29.6 Å². The van der Waals surface area contributed by atoms with Gasteiger partial charge in [0.05, 0.1) is 0 Å². The standard InChI is InChI=1S/C17H23NO/c1-18-15-2-4-16(5-3-15)19-17-9-12-6-13(10-17)8-14(7-12)11-17/h2-5,12-14,18H,6-11H2,1H3. The minimum absolute atomic E-state index is 0.176. The number of ether oxygens (including phenoxy) is 1. The van der Waals surface area contributed by atoms with Crippen molar-refractivity contribution in [3.05, 3.63) is 24.3 Å². The summed E-state index contributed by atoms with van der Waals surface area (Å²) >= 11 is 0. The highest BCUT2D eigenvalue weighted by Crippen LogP contribution is 2.57. The van der Waals surface area contributed by atoms with Gasteiger partial charge in [-0.25, -0.2) is 0 Å². The first-order chi connectivity index (χ1) is 9.25. The van der Waals surface area contributed by atoms with Crippen LogP contribution in [0.5, 0.6) is 5.75 Å². The van der Waals surface area contributed by atoms with Crippen molar-refractivity contribution in [3.8, 4) is 5.75 Å². The third kappa shape index (κ3) is 2.01. The highest BCUT2D eigenvalue weighted by atomic mass is 16.5. The molecule has 1 N–H and O–H groups in total. The summed E-state index contributed by atoms with van der Waals surface area (Å²) in [5.41, 5.74) is 1.33. The first-order valence-electron chi connectivity index (χ1n) is 7.71. The lowest BCUT2D eigenvalue weighted by Gasteiger charge is -2.56. The first kappa shape index (κ1) is 11.6. The molecule has 0 amide bonds. The second-order valence-electron chi connectivity index (χ2n) is 6.98. The molecule has 4 aliphatic carbocycles. The van der Waals surface area contributed by atoms with E-state index in [4.69, 9.17) is 4.74 Å². The summed E-state index contributed by atoms with van der Waals surface area (Å²) < 4.78 is 6.49. The Morgan fingerprint density at radius 3 is 1.95 bits per heavy atom. The van der Waals surface area contributed by atoms with E-state index >= 15 is 0 Å². The predicted octanol–water partition coefficient (Wildman–Crippen LogP) is 4.08. The van der Waals surface area contributed by atoms with Crippen LogP contribution >= 0.6 is 0 Å². The quantitative estimate of drug-likeness (QED) is 0.881. The van der Waals surface area contributed by atoms with Crippen LogP contribution < -0.4 is 10.1 Å². The zero-order chi connectivity index (χ0) is 12.9. The molecule has 0 heterocycles. The first-order valence-corrected chi connectivity index (χ1v) is 7.71. The van der Waals surface area contributed by atoms with E-state index in [9.17, 15) is 0 Å². The Kier molecular flexibility index (Phi) is 2.54. The number of rotatable bonds is 3. The fourth-order valence-corrected chi connectivity index (χ4v) is 5.10. The van der Waals surface area contributed by atoms with Crippen LogP contribution in [0.25, 0.3) is 0 Å². The van der Waals surface area contributed by atoms with Gasteiger partial charge in [0.15, 0.2) is 0 Å². The van der Waals surface area contributed by atoms with Crippen molar-refractivity contribution in [2.75, 3.05) is 12.4 Å². The highest BCUT2D eigenvalue weighted by Gasteiger charge is 2.52. The van der Waals surface area contributed by atoms with Gasteiger partial charge in [0.2, 0.25) is 0 Å². The number of hydrogen-bond acceptors (Lipinski definition) is 2. The molecule has 0 aliphatic heterocycles. The van der Waals surface area contributed by atoms with E-state index < -0.39 is 0 Å². The van der Waals surface area contributed by atoms with Gasteiger partial charge in [0.25, 0.3) is 0 Å². The Labute approximate surface area is 115 Å². The van der Waals surface area contributed by atoms with Crippen LogP contribution in [0, 0.1) is 17.8 Å². The van der Waals surface area contributed by atoms with E-state index in [1.54, 1.807) is 0 Å². The molecule has 0 aromatic heterocycles. The normalized spacial score (nSPS) is 39.3. The summed E-state index contributed by atoms with van der Waals surface area (Å²) in [6, 6.07) is 8.44. The molecular weight excluding hydrogens is 234 g/mol. The summed E-state index contributed by atoms with van der Waals surface area (Å²) in [6.07, 6.45) is 8.32. The van der Waals surface area contributed by atoms with E-state index in [-0.39, 0.29) is 5.60 Å². The van der Waals surface area contributed by atoms with Gasteiger partial charge in [-0.1, -0.05) is 0 Å². The fourth-order valence-electron chi connectivity index (χ4n) is 5.10. The zero-order valence-electron chi connectivity index (χ0n) is 11.7. The van der Waals surface area contributed by atoms with Crippen molar-refractivity contribution in [2.45, 2.75) is 44.1 Å². The summed E-state index contributed by atoms with van der Waals surface area (Å²) in [7, 11) is 1.95. The molecule has 0 saturated heterocycles. The van der Waals surface area contributed by atoms with Gasteiger partial charge < -0.3 is 10.1 Å². The van der Waals surface area contributed by atoms with Crippen LogP contribution in [-0.4, -0.2) is 12.6 Å². The number of benzene rings is 1. The van der Waals surface area contributed by atoms with Crippen molar-refractivity contribution >= 4 is 5.69 Å². The Morgan fingerprint density at radius 1 is 0.947 bits per heavy atom. The Hall–Kier alpha value is -1.18. The topological polar surface area (TPSA) is 21.3 Å². The van der Waals surface area contributed by atoms with Gasteiger partial charge in [-0.05, 0) is 80.5 Å². The van der Waals surface area contributed by atoms with Crippen LogP contribution in [0.4, 0.5) is 5.69 Å². The van der Waals surface area contributed by atoms with Gasteiger partial charge in [0, 0.05) is 12.7 Å². The smallest absolute Gasteiger partial charge is 0.120 e. The molecule has 1 aromatic carbocycles. The van der Waals surface area contributed by atoms with Crippen LogP contribution in [0.3, 0.4) is 0 Å². The lowest BCUT2D eigenvalue weighted by atomic mass is 9.54. The summed E-state index contributed by atoms with van der Waals surface area (Å²) in [5.74, 6) is 3.90. The minimum atomic E-state index is 0.176. The maximum absolute atomic E-state index is 6.49. The molecule has 102 valence electrons. The van der Waals surface area contributed by atoms with E-state index in [0.717, 1.165) is 29.2 Å². The molecule has 1 aromatic rings. The Bertz CT molecular complexity index is 429. The van der Waals surface area contributed by atoms with Crippen LogP contribution in [0.2, 0.25) is 0 Å². The molecule has 4 fully saturated rings. The summed E-state index contributed by atoms with van der Waals surface area (Å²) in [5, 5.41) is 3.16. The summed E-state index contributed by atoms with van der Waals surface area (Å²) in [6.45, 7) is 0. The summed E-state index contributed by atoms with van der Waals surface area (Å²) in [4.78, 5) is 0. The molecule has 2 heteroatoms. The molecule has 2 nitrogen and oxygen atoms in total. The van der Waals surface area contributed by atoms with Crippen molar-refractivity contribution in [1.29, 1.82) is 0 Å². The van der Waals surface area contributed by atoms with Gasteiger partial charge >= 0.3 is 0 Å². The van der Waals surface area contributed by atoms with Crippen molar-refractivity contribution < 1.29 is 4.74 Å². The Balaban J connectivity index is 1.55. The molecular formula is C17H23NO. The number of hydrogen-bond donors (Lipinski definition) is 1. The average molecular weight is 257 g/mol. The molecule has 0 atom stereocenters. The lowest BCUT2D eigenvalue weighted by Crippen LogP contribution is -2.53. The van der Waals surface area contributed by atoms with Crippen molar-refractivity contribution in [1.82, 2.24) is 0 Å². The Morgan fingerprint density at radius 2 is 1.47 bits per heavy atom. The van der Waals surface area contributed by atoms with Crippen LogP contribution in [0.15, 0.2) is 24.3 Å². The SMILES string of the molecule is CNc1ccc(OC23CC4CC(CC(C4)C2)C3)cc1. The second kappa shape index (κ2) is 4.16. The monoisotopic (exact) mass is 257 g/mol. The van der Waals surface area contributed by atoms with Crippen molar-refractivity contribution in [3.63, 3.8) is 0 Å². The number of nitrogens with one attached hydrogen (secondary N) is 1. The van der Waals surface area contributed by atoms with Gasteiger partial charge in [-0.2, -0.15) is 0 Å². The molecule has 4 saturated carbocycles. The molecule has 0 radical (unpaired) electrons. The maximum atomic E-state index is 6.49. The third-order valence-electron chi connectivity index (χ3n) is 5.46. The van der Waals surface area contributed by atoms with E-state index in [1.165, 1.54) is 38.5 Å². The largest absolute Gasteiger partial charge is 0.487 e. The predicted molar refractivity (Wildman–Crippen MR) is 77.5 cm³/mol. The highest BCUT2D eigenvalue weighted by molar-refractivity contribution is 5.45. The molecule has 0 spiro atoms. The maximum Gasteiger partial charge on any atom is 0.120 e. The molecule has 4 aliphatic rings. The molecule has 5 rings (SSSR count). The van der Waals surface area contributed by atoms with Crippen LogP contribution in [0.1, 0.15) is 38.5 Å². The second-order valence-corrected chi connectivity index (χ2v) is 6.98. The number of anilines is 1. The minimum Gasteiger partial charge on any atom is -0.487 e.